The molecule has 0 aliphatic rings. The Hall–Kier alpha value is -2.61. The number of aryl methyl sites for hydroxylation is 1. The van der Waals surface area contributed by atoms with Crippen LogP contribution in [0.4, 0.5) is 0 Å². The molecule has 0 aliphatic heterocycles. The van der Waals surface area contributed by atoms with Gasteiger partial charge in [-0.2, -0.15) is 0 Å². The van der Waals surface area contributed by atoms with Crippen LogP contribution < -0.4 is 4.72 Å². The molecular weight excluding hydrogens is 396 g/mol. The minimum absolute atomic E-state index is 0.0601. The molecule has 4 rings (SSSR count). The number of rotatable bonds is 8. The average molecular weight is 425 g/mol. The Morgan fingerprint density at radius 1 is 1.10 bits per heavy atom. The van der Waals surface area contributed by atoms with Gasteiger partial charge in [0.25, 0.3) is 0 Å². The highest BCUT2D eigenvalue weighted by atomic mass is 32.2. The molecule has 30 heavy (non-hydrogen) atoms. The van der Waals surface area contributed by atoms with Gasteiger partial charge in [-0.1, -0.05) is 38.1 Å². The van der Waals surface area contributed by atoms with E-state index in [-0.39, 0.29) is 10.9 Å². The zero-order valence-electron chi connectivity index (χ0n) is 17.6. The Morgan fingerprint density at radius 2 is 1.87 bits per heavy atom. The fraction of sp³-hybridized carbons (Fsp3) is 0.304. The summed E-state index contributed by atoms with van der Waals surface area (Å²) in [6.45, 7) is 6.19. The third-order valence-electron chi connectivity index (χ3n) is 5.84. The number of fused-ring (bicyclic) bond motifs is 2. The maximum absolute atomic E-state index is 13.1. The highest BCUT2D eigenvalue weighted by Gasteiger charge is 2.25. The molecule has 1 atom stereocenters. The van der Waals surface area contributed by atoms with Gasteiger partial charge in [0.05, 0.1) is 10.9 Å². The van der Waals surface area contributed by atoms with E-state index in [0.29, 0.717) is 6.54 Å². The number of sulfonamides is 1. The first kappa shape index (κ1) is 20.7. The van der Waals surface area contributed by atoms with Crippen molar-refractivity contribution >= 4 is 31.8 Å². The molecular formula is C23H28N4O2S. The van der Waals surface area contributed by atoms with Crippen molar-refractivity contribution in [2.75, 3.05) is 19.6 Å². The summed E-state index contributed by atoms with van der Waals surface area (Å²) in [5, 5.41) is 2.15. The highest BCUT2D eigenvalue weighted by Crippen LogP contribution is 2.30. The molecule has 0 spiro atoms. The topological polar surface area (TPSA) is 70.1 Å². The second-order valence-corrected chi connectivity index (χ2v) is 9.30. The Balaban J connectivity index is 1.66. The standard InChI is InChI=1S/C23H28N4O2S/c1-4-27(5-2)23(20-16-26(3)22-9-7-6-8-19(20)22)15-25-30(28,29)18-11-10-17-12-13-24-21(17)14-18/h6-14,16,23-25H,4-5,15H2,1-3H3. The summed E-state index contributed by atoms with van der Waals surface area (Å²) in [4.78, 5) is 5.64. The summed E-state index contributed by atoms with van der Waals surface area (Å²) in [6.07, 6.45) is 3.93. The predicted octanol–water partition coefficient (Wildman–Crippen LogP) is 4.02. The van der Waals surface area contributed by atoms with Gasteiger partial charge in [0.1, 0.15) is 0 Å². The van der Waals surface area contributed by atoms with Gasteiger partial charge in [-0.05, 0) is 48.3 Å². The van der Waals surface area contributed by atoms with Gasteiger partial charge < -0.3 is 9.55 Å². The number of nitrogens with zero attached hydrogens (tertiary/aromatic N) is 2. The van der Waals surface area contributed by atoms with Crippen LogP contribution in [0.3, 0.4) is 0 Å². The molecule has 1 unspecified atom stereocenters. The Kier molecular flexibility index (Phi) is 5.69. The van der Waals surface area contributed by atoms with E-state index in [4.69, 9.17) is 0 Å². The number of nitrogens with one attached hydrogen (secondary N) is 2. The van der Waals surface area contributed by atoms with E-state index in [1.165, 1.54) is 0 Å². The monoisotopic (exact) mass is 424 g/mol. The Morgan fingerprint density at radius 3 is 2.63 bits per heavy atom. The van der Waals surface area contributed by atoms with Crippen molar-refractivity contribution in [1.29, 1.82) is 0 Å². The smallest absolute Gasteiger partial charge is 0.240 e. The summed E-state index contributed by atoms with van der Waals surface area (Å²) in [5.74, 6) is 0. The quantitative estimate of drug-likeness (QED) is 0.449. The molecule has 2 N–H and O–H groups in total. The molecule has 0 aliphatic carbocycles. The van der Waals surface area contributed by atoms with Crippen molar-refractivity contribution in [3.05, 3.63) is 66.5 Å². The zero-order chi connectivity index (χ0) is 21.3. The lowest BCUT2D eigenvalue weighted by atomic mass is 10.0. The van der Waals surface area contributed by atoms with Crippen LogP contribution in [-0.2, 0) is 17.1 Å². The lowest BCUT2D eigenvalue weighted by Crippen LogP contribution is -2.38. The normalized spacial score (nSPS) is 13.5. The van der Waals surface area contributed by atoms with Crippen molar-refractivity contribution in [3.63, 3.8) is 0 Å². The number of aromatic amines is 1. The van der Waals surface area contributed by atoms with Gasteiger partial charge >= 0.3 is 0 Å². The third-order valence-corrected chi connectivity index (χ3v) is 7.26. The van der Waals surface area contributed by atoms with Gasteiger partial charge in [0, 0.05) is 42.4 Å². The average Bonchev–Trinajstić information content (AvgIpc) is 3.35. The lowest BCUT2D eigenvalue weighted by molar-refractivity contribution is 0.221. The van der Waals surface area contributed by atoms with E-state index in [0.717, 1.165) is 40.5 Å². The summed E-state index contributed by atoms with van der Waals surface area (Å²) in [5.41, 5.74) is 3.09. The van der Waals surface area contributed by atoms with E-state index in [2.05, 4.69) is 51.4 Å². The number of hydrogen-bond donors (Lipinski definition) is 2. The second kappa shape index (κ2) is 8.26. The molecule has 2 aromatic carbocycles. The molecule has 0 saturated carbocycles. The first-order valence-electron chi connectivity index (χ1n) is 10.3. The SMILES string of the molecule is CCN(CC)C(CNS(=O)(=O)c1ccc2cc[nH]c2c1)c1cn(C)c2ccccc12. The van der Waals surface area contributed by atoms with Gasteiger partial charge in [-0.15, -0.1) is 0 Å². The van der Waals surface area contributed by atoms with Crippen LogP contribution in [-0.4, -0.2) is 42.5 Å². The second-order valence-electron chi connectivity index (χ2n) is 7.53. The molecule has 7 heteroatoms. The number of benzene rings is 2. The maximum Gasteiger partial charge on any atom is 0.240 e. The van der Waals surface area contributed by atoms with Gasteiger partial charge in [-0.3, -0.25) is 4.90 Å². The van der Waals surface area contributed by atoms with E-state index >= 15 is 0 Å². The van der Waals surface area contributed by atoms with Crippen molar-refractivity contribution in [2.45, 2.75) is 24.8 Å². The van der Waals surface area contributed by atoms with E-state index in [1.54, 1.807) is 12.1 Å². The molecule has 4 aromatic rings. The first-order valence-corrected chi connectivity index (χ1v) is 11.8. The fourth-order valence-electron chi connectivity index (χ4n) is 4.20. The number of H-pyrrole nitrogens is 1. The van der Waals surface area contributed by atoms with Crippen LogP contribution in [0.2, 0.25) is 0 Å². The Bertz CT molecular complexity index is 1270. The van der Waals surface area contributed by atoms with E-state index in [1.807, 2.05) is 37.5 Å². The molecule has 0 amide bonds. The van der Waals surface area contributed by atoms with E-state index < -0.39 is 10.0 Å². The van der Waals surface area contributed by atoms with E-state index in [9.17, 15) is 8.42 Å². The minimum atomic E-state index is -3.63. The maximum atomic E-state index is 13.1. The fourth-order valence-corrected chi connectivity index (χ4v) is 5.27. The molecule has 0 saturated heterocycles. The van der Waals surface area contributed by atoms with Crippen LogP contribution in [0, 0.1) is 0 Å². The van der Waals surface area contributed by atoms with Crippen molar-refractivity contribution < 1.29 is 8.42 Å². The van der Waals surface area contributed by atoms with Gasteiger partial charge in [0.2, 0.25) is 10.0 Å². The zero-order valence-corrected chi connectivity index (χ0v) is 18.4. The largest absolute Gasteiger partial charge is 0.361 e. The summed E-state index contributed by atoms with van der Waals surface area (Å²) in [7, 11) is -1.60. The van der Waals surface area contributed by atoms with Crippen molar-refractivity contribution in [1.82, 2.24) is 19.2 Å². The van der Waals surface area contributed by atoms with Crippen molar-refractivity contribution in [2.24, 2.45) is 7.05 Å². The van der Waals surface area contributed by atoms with Crippen LogP contribution in [0.25, 0.3) is 21.8 Å². The molecule has 2 aromatic heterocycles. The molecule has 158 valence electrons. The molecule has 0 radical (unpaired) electrons. The van der Waals surface area contributed by atoms with Crippen LogP contribution in [0.15, 0.2) is 65.8 Å². The predicted molar refractivity (Wildman–Crippen MR) is 122 cm³/mol. The van der Waals surface area contributed by atoms with Crippen molar-refractivity contribution in [3.8, 4) is 0 Å². The highest BCUT2D eigenvalue weighted by molar-refractivity contribution is 7.89. The van der Waals surface area contributed by atoms with Crippen LogP contribution in [0.1, 0.15) is 25.5 Å². The molecule has 0 fully saturated rings. The van der Waals surface area contributed by atoms with Gasteiger partial charge in [0.15, 0.2) is 0 Å². The molecule has 2 heterocycles. The third kappa shape index (κ3) is 3.76. The number of aromatic nitrogens is 2. The minimum Gasteiger partial charge on any atom is -0.361 e. The number of hydrogen-bond acceptors (Lipinski definition) is 3. The molecule has 0 bridgehead atoms. The summed E-state index contributed by atoms with van der Waals surface area (Å²) in [6, 6.07) is 15.3. The number of para-hydroxylation sites is 1. The summed E-state index contributed by atoms with van der Waals surface area (Å²) < 4.78 is 31.1. The lowest BCUT2D eigenvalue weighted by Gasteiger charge is -2.30. The molecule has 6 nitrogen and oxygen atoms in total. The first-order chi connectivity index (χ1) is 14.4. The van der Waals surface area contributed by atoms with Crippen LogP contribution in [0.5, 0.6) is 0 Å². The summed E-state index contributed by atoms with van der Waals surface area (Å²) >= 11 is 0. The van der Waals surface area contributed by atoms with Gasteiger partial charge in [-0.25, -0.2) is 13.1 Å². The van der Waals surface area contributed by atoms with Crippen LogP contribution >= 0.6 is 0 Å². The number of likely N-dealkylation sites (N-methyl/N-ethyl adjacent to an activating group) is 1. The Labute approximate surface area is 177 Å².